The van der Waals surface area contributed by atoms with Crippen LogP contribution in [0.25, 0.3) is 11.2 Å². The molecule has 0 aliphatic rings. The lowest BCUT2D eigenvalue weighted by atomic mass is 10.2. The number of nitro benzene ring substituents is 1. The number of ether oxygens (including phenoxy) is 4. The molecule has 3 rings (SSSR count). The van der Waals surface area contributed by atoms with E-state index in [1.54, 1.807) is 20.8 Å². The van der Waals surface area contributed by atoms with Gasteiger partial charge in [0.05, 0.1) is 24.4 Å². The number of nitro groups is 1. The van der Waals surface area contributed by atoms with E-state index in [2.05, 4.69) is 25.6 Å². The number of hydrogen-bond donors (Lipinski definition) is 3. The highest BCUT2D eigenvalue weighted by atomic mass is 16.7. The van der Waals surface area contributed by atoms with Crippen molar-refractivity contribution in [2.75, 3.05) is 26.0 Å². The summed E-state index contributed by atoms with van der Waals surface area (Å²) in [5.74, 6) is -0.475. The SMILES string of the molecule is COc1nc(N)nc2c1ncn2CC(=O)N[C@H](CNC(=O)OC(C)(C)C)COC(=O)Oc1ccc([N+](=O)[O-])cc1. The van der Waals surface area contributed by atoms with Gasteiger partial charge < -0.3 is 39.9 Å². The molecule has 1 aromatic carbocycles. The fourth-order valence-electron chi connectivity index (χ4n) is 3.22. The highest BCUT2D eigenvalue weighted by Crippen LogP contribution is 2.21. The molecule has 17 nitrogen and oxygen atoms in total. The van der Waals surface area contributed by atoms with Crippen LogP contribution in [0.5, 0.6) is 11.6 Å². The molecule has 1 atom stereocenters. The van der Waals surface area contributed by atoms with Crippen molar-refractivity contribution >= 4 is 41.0 Å². The van der Waals surface area contributed by atoms with Crippen LogP contribution in [0.2, 0.25) is 0 Å². The Balaban J connectivity index is 1.65. The molecule has 2 amide bonds. The lowest BCUT2D eigenvalue weighted by molar-refractivity contribution is -0.384. The molecule has 0 saturated carbocycles. The zero-order chi connectivity index (χ0) is 29.4. The number of amides is 2. The number of benzene rings is 1. The van der Waals surface area contributed by atoms with Crippen molar-refractivity contribution in [3.63, 3.8) is 0 Å². The Morgan fingerprint density at radius 3 is 2.50 bits per heavy atom. The maximum Gasteiger partial charge on any atom is 0.513 e. The maximum absolute atomic E-state index is 12.9. The molecule has 2 aromatic heterocycles. The number of carbonyl (C=O) groups is 3. The van der Waals surface area contributed by atoms with E-state index in [0.29, 0.717) is 5.52 Å². The lowest BCUT2D eigenvalue weighted by Gasteiger charge is -2.22. The summed E-state index contributed by atoms with van der Waals surface area (Å²) in [4.78, 5) is 59.5. The molecule has 0 spiro atoms. The van der Waals surface area contributed by atoms with Gasteiger partial charge in [-0.2, -0.15) is 9.97 Å². The molecule has 4 N–H and O–H groups in total. The Morgan fingerprint density at radius 1 is 1.18 bits per heavy atom. The molecule has 40 heavy (non-hydrogen) atoms. The Labute approximate surface area is 227 Å². The predicted molar refractivity (Wildman–Crippen MR) is 138 cm³/mol. The summed E-state index contributed by atoms with van der Waals surface area (Å²) in [6, 6.07) is 3.86. The van der Waals surface area contributed by atoms with Crippen molar-refractivity contribution in [3.8, 4) is 11.6 Å². The third-order valence-corrected chi connectivity index (χ3v) is 4.86. The first-order valence-electron chi connectivity index (χ1n) is 11.7. The average Bonchev–Trinajstić information content (AvgIpc) is 3.26. The number of hydrogen-bond acceptors (Lipinski definition) is 13. The minimum Gasteiger partial charge on any atom is -0.479 e. The van der Waals surface area contributed by atoms with Crippen molar-refractivity contribution in [1.82, 2.24) is 30.2 Å². The fourth-order valence-corrected chi connectivity index (χ4v) is 3.22. The third kappa shape index (κ3) is 8.40. The van der Waals surface area contributed by atoms with E-state index in [1.165, 1.54) is 30.1 Å². The summed E-state index contributed by atoms with van der Waals surface area (Å²) in [7, 11) is 1.39. The number of aromatic nitrogens is 4. The first-order chi connectivity index (χ1) is 18.8. The molecule has 0 aliphatic heterocycles. The minimum atomic E-state index is -1.13. The average molecular weight is 561 g/mol. The second-order valence-electron chi connectivity index (χ2n) is 9.20. The summed E-state index contributed by atoms with van der Waals surface area (Å²) in [5.41, 5.74) is 5.31. The third-order valence-electron chi connectivity index (χ3n) is 4.86. The smallest absolute Gasteiger partial charge is 0.479 e. The second-order valence-corrected chi connectivity index (χ2v) is 9.20. The second kappa shape index (κ2) is 12.5. The van der Waals surface area contributed by atoms with Crippen molar-refractivity contribution in [2.24, 2.45) is 0 Å². The monoisotopic (exact) mass is 560 g/mol. The standard InChI is InChI=1S/C23H28N8O9/c1-23(2,3)40-21(33)25-9-13(11-38-22(34)39-15-7-5-14(6-8-15)31(35)36)27-16(32)10-30-12-26-17-18(30)28-20(24)29-19(17)37-4/h5-8,12-13H,9-11H2,1-4H3,(H,25,33)(H,27,32)(H2,24,28,29)/t13-/m1/s1. The molecule has 214 valence electrons. The topological polar surface area (TPSA) is 225 Å². The Morgan fingerprint density at radius 2 is 1.88 bits per heavy atom. The number of anilines is 1. The van der Waals surface area contributed by atoms with E-state index < -0.39 is 41.3 Å². The summed E-state index contributed by atoms with van der Waals surface area (Å²) in [5, 5.41) is 15.9. The number of alkyl carbamates (subject to hydrolysis) is 1. The van der Waals surface area contributed by atoms with E-state index in [1.807, 2.05) is 0 Å². The van der Waals surface area contributed by atoms with Gasteiger partial charge in [-0.15, -0.1) is 0 Å². The summed E-state index contributed by atoms with van der Waals surface area (Å²) in [6.07, 6.45) is -0.530. The van der Waals surface area contributed by atoms with Crippen molar-refractivity contribution in [2.45, 2.75) is 39.0 Å². The number of rotatable bonds is 10. The van der Waals surface area contributed by atoms with Gasteiger partial charge in [-0.1, -0.05) is 0 Å². The van der Waals surface area contributed by atoms with Crippen LogP contribution in [0, 0.1) is 10.1 Å². The molecular formula is C23H28N8O9. The number of nitrogens with one attached hydrogen (secondary N) is 2. The highest BCUT2D eigenvalue weighted by Gasteiger charge is 2.22. The van der Waals surface area contributed by atoms with E-state index >= 15 is 0 Å². The van der Waals surface area contributed by atoms with Crippen LogP contribution in [0.1, 0.15) is 20.8 Å². The molecule has 3 aromatic rings. The molecule has 0 radical (unpaired) electrons. The van der Waals surface area contributed by atoms with Crippen LogP contribution in [0.3, 0.4) is 0 Å². The van der Waals surface area contributed by atoms with Crippen LogP contribution in [0.4, 0.5) is 21.2 Å². The normalized spacial score (nSPS) is 11.8. The molecule has 17 heteroatoms. The zero-order valence-corrected chi connectivity index (χ0v) is 22.1. The summed E-state index contributed by atoms with van der Waals surface area (Å²) >= 11 is 0. The summed E-state index contributed by atoms with van der Waals surface area (Å²) < 4.78 is 21.9. The molecule has 2 heterocycles. The van der Waals surface area contributed by atoms with Crippen molar-refractivity contribution in [1.29, 1.82) is 0 Å². The Kier molecular flexibility index (Phi) is 9.20. The van der Waals surface area contributed by atoms with Gasteiger partial charge in [-0.3, -0.25) is 14.9 Å². The van der Waals surface area contributed by atoms with Crippen LogP contribution in [-0.2, 0) is 20.8 Å². The van der Waals surface area contributed by atoms with Gasteiger partial charge in [-0.05, 0) is 32.9 Å². The van der Waals surface area contributed by atoms with E-state index in [0.717, 1.165) is 12.1 Å². The molecule has 0 aliphatic carbocycles. The van der Waals surface area contributed by atoms with Crippen LogP contribution in [0.15, 0.2) is 30.6 Å². The van der Waals surface area contributed by atoms with Crippen molar-refractivity contribution < 1.29 is 38.3 Å². The number of carbonyl (C=O) groups excluding carboxylic acids is 3. The first-order valence-corrected chi connectivity index (χ1v) is 11.7. The number of imidazole rings is 1. The van der Waals surface area contributed by atoms with Gasteiger partial charge in [0.25, 0.3) is 5.69 Å². The van der Waals surface area contributed by atoms with Gasteiger partial charge in [0, 0.05) is 18.7 Å². The van der Waals surface area contributed by atoms with E-state index in [9.17, 15) is 24.5 Å². The number of fused-ring (bicyclic) bond motifs is 1. The zero-order valence-electron chi connectivity index (χ0n) is 22.1. The quantitative estimate of drug-likeness (QED) is 0.139. The Hall–Kier alpha value is -5.22. The van der Waals surface area contributed by atoms with Crippen LogP contribution < -0.4 is 25.8 Å². The number of methoxy groups -OCH3 is 1. The fraction of sp³-hybridized carbons (Fsp3) is 0.391. The molecule has 0 saturated heterocycles. The number of nitrogens with zero attached hydrogens (tertiary/aromatic N) is 5. The first kappa shape index (κ1) is 29.3. The van der Waals surface area contributed by atoms with Gasteiger partial charge >= 0.3 is 12.2 Å². The van der Waals surface area contributed by atoms with Crippen LogP contribution >= 0.6 is 0 Å². The van der Waals surface area contributed by atoms with Gasteiger partial charge in [0.1, 0.15) is 24.5 Å². The molecule has 0 fully saturated rings. The minimum absolute atomic E-state index is 0.00624. The van der Waals surface area contributed by atoms with Crippen molar-refractivity contribution in [3.05, 3.63) is 40.7 Å². The van der Waals surface area contributed by atoms with E-state index in [4.69, 9.17) is 24.7 Å². The predicted octanol–water partition coefficient (Wildman–Crippen LogP) is 1.55. The lowest BCUT2D eigenvalue weighted by Crippen LogP contribution is -2.48. The van der Waals surface area contributed by atoms with E-state index in [-0.39, 0.29) is 42.0 Å². The number of nitrogens with two attached hydrogens (primary N) is 1. The highest BCUT2D eigenvalue weighted by molar-refractivity contribution is 5.81. The number of nitrogen functional groups attached to an aromatic ring is 1. The van der Waals surface area contributed by atoms with Crippen LogP contribution in [-0.4, -0.2) is 74.5 Å². The molecule has 0 unspecified atom stereocenters. The largest absolute Gasteiger partial charge is 0.513 e. The Bertz CT molecular complexity index is 1390. The van der Waals surface area contributed by atoms with Gasteiger partial charge in [-0.25, -0.2) is 14.6 Å². The maximum atomic E-state index is 12.9. The molecular weight excluding hydrogens is 532 g/mol. The van der Waals surface area contributed by atoms with Gasteiger partial charge in [0.2, 0.25) is 17.7 Å². The van der Waals surface area contributed by atoms with Gasteiger partial charge in [0.15, 0.2) is 11.2 Å². The summed E-state index contributed by atoms with van der Waals surface area (Å²) in [6.45, 7) is 4.23. The number of non-ortho nitro benzene ring substituents is 1. The molecule has 0 bridgehead atoms.